The average Bonchev–Trinajstić information content (AvgIpc) is 3.49. The van der Waals surface area contributed by atoms with Crippen molar-refractivity contribution in [3.05, 3.63) is 83.1 Å². The van der Waals surface area contributed by atoms with E-state index in [1.54, 1.807) is 36.3 Å². The highest BCUT2D eigenvalue weighted by atomic mass is 19.4. The maximum Gasteiger partial charge on any atom is 0.416 e. The number of methoxy groups -OCH3 is 1. The van der Waals surface area contributed by atoms with Gasteiger partial charge in [0, 0.05) is 18.9 Å². The largest absolute Gasteiger partial charge is 0.416 e. The predicted molar refractivity (Wildman–Crippen MR) is 125 cm³/mol. The summed E-state index contributed by atoms with van der Waals surface area (Å²) in [6.45, 7) is 1.90. The Morgan fingerprint density at radius 2 is 2.11 bits per heavy atom. The number of nitrogens with zero attached hydrogens (tertiary/aromatic N) is 5. The summed E-state index contributed by atoms with van der Waals surface area (Å²) in [5, 5.41) is 11.2. The van der Waals surface area contributed by atoms with Gasteiger partial charge in [0.05, 0.1) is 35.4 Å². The molecule has 2 aromatic heterocycles. The molecule has 0 saturated carbocycles. The maximum absolute atomic E-state index is 13.2. The van der Waals surface area contributed by atoms with Crippen LogP contribution in [0.1, 0.15) is 47.4 Å². The first-order chi connectivity index (χ1) is 17.2. The molecule has 1 aromatic carbocycles. The normalized spacial score (nSPS) is 21.7. The van der Waals surface area contributed by atoms with Gasteiger partial charge in [-0.15, -0.1) is 5.10 Å². The van der Waals surface area contributed by atoms with E-state index in [0.717, 1.165) is 24.2 Å². The molecule has 0 bridgehead atoms. The van der Waals surface area contributed by atoms with Crippen molar-refractivity contribution in [1.82, 2.24) is 24.5 Å². The number of benzene rings is 1. The maximum atomic E-state index is 13.2. The zero-order chi connectivity index (χ0) is 25.4. The van der Waals surface area contributed by atoms with Gasteiger partial charge in [-0.1, -0.05) is 29.5 Å². The van der Waals surface area contributed by atoms with Gasteiger partial charge < -0.3 is 14.6 Å². The standard InChI is InChI=1S/C25H25F3N6O2/c1-15-13-33(14-29-15)20-10-9-17(12-22(20)36-2)24(35)30-23-21-8-4-7-19(34(21)32-31-23)16-5-3-6-18(11-16)25(26,27)28/h3,5-6,9-14,19-20,22H,4,7-8H2,1-2H3,(H,30,35). The van der Waals surface area contributed by atoms with Gasteiger partial charge in [-0.2, -0.15) is 13.2 Å². The van der Waals surface area contributed by atoms with E-state index in [2.05, 4.69) is 20.6 Å². The number of alkyl halides is 3. The van der Waals surface area contributed by atoms with Crippen molar-refractivity contribution in [2.45, 2.75) is 50.6 Å². The van der Waals surface area contributed by atoms with Crippen LogP contribution in [-0.4, -0.2) is 43.7 Å². The summed E-state index contributed by atoms with van der Waals surface area (Å²) in [5.74, 6) is -0.0506. The van der Waals surface area contributed by atoms with Crippen LogP contribution in [0.4, 0.5) is 19.0 Å². The highest BCUT2D eigenvalue weighted by Gasteiger charge is 2.33. The topological polar surface area (TPSA) is 86.9 Å². The van der Waals surface area contributed by atoms with Crippen LogP contribution in [0.15, 0.2) is 60.6 Å². The molecule has 8 nitrogen and oxygen atoms in total. The van der Waals surface area contributed by atoms with Crippen molar-refractivity contribution in [2.75, 3.05) is 12.4 Å². The number of anilines is 1. The van der Waals surface area contributed by atoms with Crippen LogP contribution >= 0.6 is 0 Å². The summed E-state index contributed by atoms with van der Waals surface area (Å²) >= 11 is 0. The van der Waals surface area contributed by atoms with Crippen LogP contribution in [0.25, 0.3) is 0 Å². The Morgan fingerprint density at radius 1 is 1.28 bits per heavy atom. The van der Waals surface area contributed by atoms with Crippen LogP contribution in [-0.2, 0) is 22.1 Å². The van der Waals surface area contributed by atoms with Gasteiger partial charge in [0.15, 0.2) is 5.82 Å². The molecule has 36 heavy (non-hydrogen) atoms. The molecule has 3 atom stereocenters. The molecule has 1 aliphatic carbocycles. The number of rotatable bonds is 5. The van der Waals surface area contributed by atoms with Crippen LogP contribution < -0.4 is 5.32 Å². The van der Waals surface area contributed by atoms with Crippen LogP contribution in [0.5, 0.6) is 0 Å². The van der Waals surface area contributed by atoms with E-state index in [-0.39, 0.29) is 24.1 Å². The summed E-state index contributed by atoms with van der Waals surface area (Å²) in [7, 11) is 1.58. The molecule has 3 aromatic rings. The minimum atomic E-state index is -4.42. The molecule has 5 rings (SSSR count). The molecule has 1 N–H and O–H groups in total. The number of imidazole rings is 1. The monoisotopic (exact) mass is 498 g/mol. The summed E-state index contributed by atoms with van der Waals surface area (Å²) in [5.41, 5.74) is 1.80. The molecular weight excluding hydrogens is 473 g/mol. The summed E-state index contributed by atoms with van der Waals surface area (Å²) in [6, 6.07) is 4.75. The molecule has 11 heteroatoms. The second-order valence-corrected chi connectivity index (χ2v) is 8.95. The number of ether oxygens (including phenoxy) is 1. The SMILES string of the molecule is COC1C=C(C(=O)Nc2nnn3c2CCCC3c2cccc(C(F)(F)F)c2)C=CC1n1cnc(C)c1. The number of halogens is 3. The second-order valence-electron chi connectivity index (χ2n) is 8.95. The lowest BCUT2D eigenvalue weighted by Crippen LogP contribution is -2.27. The van der Waals surface area contributed by atoms with Gasteiger partial charge in [-0.3, -0.25) is 4.79 Å². The predicted octanol–water partition coefficient (Wildman–Crippen LogP) is 4.42. The number of hydrogen-bond acceptors (Lipinski definition) is 5. The molecule has 0 spiro atoms. The number of carbonyl (C=O) groups is 1. The number of fused-ring (bicyclic) bond motifs is 1. The Morgan fingerprint density at radius 3 is 2.83 bits per heavy atom. The van der Waals surface area contributed by atoms with Crippen molar-refractivity contribution in [2.24, 2.45) is 0 Å². The number of hydrogen-bond donors (Lipinski definition) is 1. The first-order valence-electron chi connectivity index (χ1n) is 11.6. The molecule has 0 radical (unpaired) electrons. The minimum Gasteiger partial charge on any atom is -0.375 e. The number of aromatic nitrogens is 5. The van der Waals surface area contributed by atoms with Gasteiger partial charge in [0.2, 0.25) is 0 Å². The minimum absolute atomic E-state index is 0.136. The van der Waals surface area contributed by atoms with E-state index in [1.807, 2.05) is 23.8 Å². The van der Waals surface area contributed by atoms with Crippen molar-refractivity contribution >= 4 is 11.7 Å². The number of amides is 1. The lowest BCUT2D eigenvalue weighted by molar-refractivity contribution is -0.137. The van der Waals surface area contributed by atoms with Gasteiger partial charge in [-0.05, 0) is 50.0 Å². The second kappa shape index (κ2) is 9.38. The summed E-state index contributed by atoms with van der Waals surface area (Å²) < 4.78 is 48.8. The van der Waals surface area contributed by atoms with E-state index in [1.165, 1.54) is 6.07 Å². The number of carbonyl (C=O) groups excluding carboxylic acids is 1. The summed E-state index contributed by atoms with van der Waals surface area (Å²) in [6.07, 6.45) is 6.16. The van der Waals surface area contributed by atoms with E-state index in [4.69, 9.17) is 4.74 Å². The summed E-state index contributed by atoms with van der Waals surface area (Å²) in [4.78, 5) is 17.3. The van der Waals surface area contributed by atoms with E-state index < -0.39 is 11.7 Å². The first-order valence-corrected chi connectivity index (χ1v) is 11.6. The lowest BCUT2D eigenvalue weighted by atomic mass is 9.95. The van der Waals surface area contributed by atoms with Crippen molar-refractivity contribution in [3.63, 3.8) is 0 Å². The third-order valence-corrected chi connectivity index (χ3v) is 6.57. The van der Waals surface area contributed by atoms with Gasteiger partial charge in [0.1, 0.15) is 6.10 Å². The molecule has 3 heterocycles. The van der Waals surface area contributed by atoms with Crippen molar-refractivity contribution < 1.29 is 22.7 Å². The molecule has 0 fully saturated rings. The van der Waals surface area contributed by atoms with Crippen molar-refractivity contribution in [1.29, 1.82) is 0 Å². The van der Waals surface area contributed by atoms with E-state index >= 15 is 0 Å². The van der Waals surface area contributed by atoms with E-state index in [9.17, 15) is 18.0 Å². The Labute approximate surface area is 205 Å². The molecule has 1 amide bonds. The van der Waals surface area contributed by atoms with Crippen molar-refractivity contribution in [3.8, 4) is 0 Å². The Bertz CT molecular complexity index is 1340. The lowest BCUT2D eigenvalue weighted by Gasteiger charge is -2.26. The molecule has 188 valence electrons. The zero-order valence-corrected chi connectivity index (χ0v) is 19.7. The molecular formula is C25H25F3N6O2. The zero-order valence-electron chi connectivity index (χ0n) is 19.7. The fraction of sp³-hybridized carbons (Fsp3) is 0.360. The highest BCUT2D eigenvalue weighted by molar-refractivity contribution is 6.05. The fourth-order valence-corrected chi connectivity index (χ4v) is 4.76. The Hall–Kier alpha value is -3.73. The third kappa shape index (κ3) is 4.58. The van der Waals surface area contributed by atoms with Gasteiger partial charge in [0.25, 0.3) is 5.91 Å². The Kier molecular flexibility index (Phi) is 6.25. The quantitative estimate of drug-likeness (QED) is 0.563. The third-order valence-electron chi connectivity index (χ3n) is 6.57. The molecule has 2 aliphatic rings. The molecule has 1 aliphatic heterocycles. The Balaban J connectivity index is 1.35. The average molecular weight is 499 g/mol. The van der Waals surface area contributed by atoms with E-state index in [0.29, 0.717) is 35.5 Å². The first kappa shape index (κ1) is 24.0. The number of nitrogens with one attached hydrogen (secondary N) is 1. The fourth-order valence-electron chi connectivity index (χ4n) is 4.76. The smallest absolute Gasteiger partial charge is 0.375 e. The molecule has 3 unspecified atom stereocenters. The van der Waals surface area contributed by atoms with Crippen LogP contribution in [0.2, 0.25) is 0 Å². The van der Waals surface area contributed by atoms with Crippen LogP contribution in [0.3, 0.4) is 0 Å². The number of aryl methyl sites for hydroxylation is 1. The molecule has 0 saturated heterocycles. The van der Waals surface area contributed by atoms with Gasteiger partial charge in [-0.25, -0.2) is 9.67 Å². The van der Waals surface area contributed by atoms with Gasteiger partial charge >= 0.3 is 6.18 Å². The highest BCUT2D eigenvalue weighted by Crippen LogP contribution is 2.36. The van der Waals surface area contributed by atoms with Crippen LogP contribution in [0, 0.1) is 6.92 Å².